The van der Waals surface area contributed by atoms with Gasteiger partial charge in [-0.25, -0.2) is 14.8 Å². The number of carbonyl (C=O) groups excluding carboxylic acids is 1. The number of aromatic nitrogens is 1. The molecule has 2 aromatic rings. The number of hydrogen-bond acceptors (Lipinski definition) is 5. The molecular weight excluding hydrogens is 340 g/mol. The molecule has 1 aliphatic heterocycles. The Bertz CT molecular complexity index is 732. The third kappa shape index (κ3) is 2.57. The number of rotatable bonds is 2. The zero-order chi connectivity index (χ0) is 14.1. The molecule has 0 N–H and O–H groups in total. The minimum atomic E-state index is -0.435. The molecule has 2 heterocycles. The third-order valence-corrected chi connectivity index (χ3v) is 4.17. The SMILES string of the molecule is Cc1ncsc1C=C1N=C(c2ccc(Br)cc2)OC1=O. The molecule has 4 nitrogen and oxygen atoms in total. The molecule has 3 rings (SSSR count). The highest BCUT2D eigenvalue weighted by atomic mass is 79.9. The number of nitrogens with zero attached hydrogens (tertiary/aromatic N) is 2. The molecule has 0 saturated heterocycles. The topological polar surface area (TPSA) is 51.6 Å². The Kier molecular flexibility index (Phi) is 3.50. The van der Waals surface area contributed by atoms with Gasteiger partial charge >= 0.3 is 5.97 Å². The minimum Gasteiger partial charge on any atom is -0.402 e. The van der Waals surface area contributed by atoms with Gasteiger partial charge in [-0.05, 0) is 37.3 Å². The second-order valence-electron chi connectivity index (χ2n) is 4.14. The van der Waals surface area contributed by atoms with Gasteiger partial charge < -0.3 is 4.74 Å². The van der Waals surface area contributed by atoms with Crippen molar-refractivity contribution in [1.82, 2.24) is 4.98 Å². The molecule has 1 aliphatic rings. The van der Waals surface area contributed by atoms with E-state index in [1.165, 1.54) is 11.3 Å². The molecule has 0 saturated carbocycles. The summed E-state index contributed by atoms with van der Waals surface area (Å²) in [4.78, 5) is 21.1. The van der Waals surface area contributed by atoms with Crippen LogP contribution in [0.3, 0.4) is 0 Å². The lowest BCUT2D eigenvalue weighted by molar-refractivity contribution is -0.129. The fraction of sp³-hybridized carbons (Fsp3) is 0.0714. The maximum Gasteiger partial charge on any atom is 0.363 e. The Hall–Kier alpha value is -1.79. The van der Waals surface area contributed by atoms with Crippen LogP contribution in [0.25, 0.3) is 6.08 Å². The summed E-state index contributed by atoms with van der Waals surface area (Å²) < 4.78 is 6.16. The molecular formula is C14H9BrN2O2S. The van der Waals surface area contributed by atoms with Crippen LogP contribution in [-0.4, -0.2) is 16.9 Å². The van der Waals surface area contributed by atoms with Crippen LogP contribution in [0.1, 0.15) is 16.1 Å². The zero-order valence-electron chi connectivity index (χ0n) is 10.5. The van der Waals surface area contributed by atoms with Crippen LogP contribution in [0.5, 0.6) is 0 Å². The molecule has 0 unspecified atom stereocenters. The standard InChI is InChI=1S/C14H9BrN2O2S/c1-8-12(20-7-16-8)6-11-14(18)19-13(17-11)9-2-4-10(15)5-3-9/h2-7H,1H3. The summed E-state index contributed by atoms with van der Waals surface area (Å²) in [5.41, 5.74) is 3.69. The molecule has 0 radical (unpaired) electrons. The van der Waals surface area contributed by atoms with Crippen molar-refractivity contribution in [3.8, 4) is 0 Å². The number of halogens is 1. The van der Waals surface area contributed by atoms with E-state index < -0.39 is 5.97 Å². The summed E-state index contributed by atoms with van der Waals surface area (Å²) in [6.45, 7) is 1.89. The summed E-state index contributed by atoms with van der Waals surface area (Å²) in [6.07, 6.45) is 1.71. The van der Waals surface area contributed by atoms with E-state index in [2.05, 4.69) is 25.9 Å². The van der Waals surface area contributed by atoms with Crippen LogP contribution in [0.15, 0.2) is 44.9 Å². The number of esters is 1. The van der Waals surface area contributed by atoms with Crippen molar-refractivity contribution in [2.24, 2.45) is 4.99 Å². The van der Waals surface area contributed by atoms with Crippen molar-refractivity contribution >= 4 is 45.2 Å². The van der Waals surface area contributed by atoms with E-state index in [1.807, 2.05) is 31.2 Å². The molecule has 0 fully saturated rings. The number of carbonyl (C=O) groups is 1. The van der Waals surface area contributed by atoms with E-state index in [4.69, 9.17) is 4.74 Å². The van der Waals surface area contributed by atoms with Crippen LogP contribution in [-0.2, 0) is 9.53 Å². The zero-order valence-corrected chi connectivity index (χ0v) is 12.9. The van der Waals surface area contributed by atoms with Gasteiger partial charge in [-0.15, -0.1) is 11.3 Å². The number of ether oxygens (including phenoxy) is 1. The maximum atomic E-state index is 11.8. The van der Waals surface area contributed by atoms with Gasteiger partial charge in [-0.1, -0.05) is 15.9 Å². The van der Waals surface area contributed by atoms with Crippen LogP contribution in [0.4, 0.5) is 0 Å². The molecule has 0 atom stereocenters. The molecule has 0 spiro atoms. The highest BCUT2D eigenvalue weighted by Crippen LogP contribution is 2.23. The Morgan fingerprint density at radius 2 is 2.05 bits per heavy atom. The first-order valence-electron chi connectivity index (χ1n) is 5.82. The van der Waals surface area contributed by atoms with Crippen LogP contribution < -0.4 is 0 Å². The van der Waals surface area contributed by atoms with Crippen molar-refractivity contribution < 1.29 is 9.53 Å². The van der Waals surface area contributed by atoms with Gasteiger partial charge in [0.2, 0.25) is 5.90 Å². The van der Waals surface area contributed by atoms with Crippen molar-refractivity contribution in [2.45, 2.75) is 6.92 Å². The summed E-state index contributed by atoms with van der Waals surface area (Å²) in [7, 11) is 0. The lowest BCUT2D eigenvalue weighted by Crippen LogP contribution is -2.05. The number of cyclic esters (lactones) is 1. The largest absolute Gasteiger partial charge is 0.402 e. The molecule has 1 aromatic heterocycles. The third-order valence-electron chi connectivity index (χ3n) is 2.76. The second kappa shape index (κ2) is 5.30. The Balaban J connectivity index is 1.95. The van der Waals surface area contributed by atoms with E-state index in [0.717, 1.165) is 20.6 Å². The number of aryl methyl sites for hydroxylation is 1. The first-order valence-corrected chi connectivity index (χ1v) is 7.49. The fourth-order valence-electron chi connectivity index (χ4n) is 1.70. The highest BCUT2D eigenvalue weighted by molar-refractivity contribution is 9.10. The van der Waals surface area contributed by atoms with Gasteiger partial charge in [-0.3, -0.25) is 0 Å². The van der Waals surface area contributed by atoms with E-state index in [0.29, 0.717) is 11.6 Å². The molecule has 6 heteroatoms. The molecule has 0 amide bonds. The quantitative estimate of drug-likeness (QED) is 0.615. The van der Waals surface area contributed by atoms with Gasteiger partial charge in [0.05, 0.1) is 16.1 Å². The summed E-state index contributed by atoms with van der Waals surface area (Å²) >= 11 is 4.83. The average molecular weight is 349 g/mol. The Labute approximate surface area is 128 Å². The lowest BCUT2D eigenvalue weighted by Gasteiger charge is -1.98. The maximum absolute atomic E-state index is 11.8. The van der Waals surface area contributed by atoms with E-state index >= 15 is 0 Å². The Morgan fingerprint density at radius 3 is 2.70 bits per heavy atom. The van der Waals surface area contributed by atoms with Gasteiger partial charge in [-0.2, -0.15) is 0 Å². The van der Waals surface area contributed by atoms with Crippen molar-refractivity contribution in [1.29, 1.82) is 0 Å². The number of hydrogen-bond donors (Lipinski definition) is 0. The van der Waals surface area contributed by atoms with Gasteiger partial charge in [0, 0.05) is 10.0 Å². The average Bonchev–Trinajstić information content (AvgIpc) is 2.99. The van der Waals surface area contributed by atoms with E-state index in [-0.39, 0.29) is 0 Å². The first-order chi connectivity index (χ1) is 9.63. The number of thiazole rings is 1. The minimum absolute atomic E-state index is 0.301. The summed E-state index contributed by atoms with van der Waals surface area (Å²) in [5.74, 6) is -0.105. The van der Waals surface area contributed by atoms with Crippen LogP contribution >= 0.6 is 27.3 Å². The predicted molar refractivity (Wildman–Crippen MR) is 81.6 cm³/mol. The smallest absolute Gasteiger partial charge is 0.363 e. The first kappa shape index (κ1) is 13.2. The second-order valence-corrected chi connectivity index (χ2v) is 5.95. The molecule has 20 heavy (non-hydrogen) atoms. The summed E-state index contributed by atoms with van der Waals surface area (Å²) in [5, 5.41) is 0. The lowest BCUT2D eigenvalue weighted by atomic mass is 10.2. The number of aliphatic imine (C=N–C) groups is 1. The van der Waals surface area contributed by atoms with Crippen molar-refractivity contribution in [2.75, 3.05) is 0 Å². The van der Waals surface area contributed by atoms with Crippen LogP contribution in [0, 0.1) is 6.92 Å². The molecule has 1 aromatic carbocycles. The monoisotopic (exact) mass is 348 g/mol. The molecule has 0 aliphatic carbocycles. The molecule has 100 valence electrons. The van der Waals surface area contributed by atoms with Gasteiger partial charge in [0.25, 0.3) is 0 Å². The predicted octanol–water partition coefficient (Wildman–Crippen LogP) is 3.56. The Morgan fingerprint density at radius 1 is 1.30 bits per heavy atom. The van der Waals surface area contributed by atoms with Gasteiger partial charge in [0.1, 0.15) is 0 Å². The van der Waals surface area contributed by atoms with E-state index in [9.17, 15) is 4.79 Å². The normalized spacial score (nSPS) is 16.4. The highest BCUT2D eigenvalue weighted by Gasteiger charge is 2.24. The van der Waals surface area contributed by atoms with Crippen molar-refractivity contribution in [3.05, 3.63) is 56.1 Å². The molecule has 0 bridgehead atoms. The summed E-state index contributed by atoms with van der Waals surface area (Å²) in [6, 6.07) is 7.44. The van der Waals surface area contributed by atoms with Crippen LogP contribution in [0.2, 0.25) is 0 Å². The number of benzene rings is 1. The van der Waals surface area contributed by atoms with Gasteiger partial charge in [0.15, 0.2) is 5.70 Å². The van der Waals surface area contributed by atoms with Crippen molar-refractivity contribution in [3.63, 3.8) is 0 Å². The van der Waals surface area contributed by atoms with E-state index in [1.54, 1.807) is 11.6 Å². The fourth-order valence-corrected chi connectivity index (χ4v) is 2.69.